The van der Waals surface area contributed by atoms with Crippen LogP contribution in [0.5, 0.6) is 34.5 Å². The Hall–Kier alpha value is -4.72. The molecule has 3 aliphatic heterocycles. The Balaban J connectivity index is 1.48. The Morgan fingerprint density at radius 3 is 1.94 bits per heavy atom. The number of nitrogens with one attached hydrogen (secondary N) is 1. The van der Waals surface area contributed by atoms with Crippen molar-refractivity contribution in [3.8, 4) is 34.5 Å². The molecule has 9 rings (SSSR count). The van der Waals surface area contributed by atoms with Crippen LogP contribution in [0.2, 0.25) is 0 Å². The molecule has 5 heterocycles. The van der Waals surface area contributed by atoms with Gasteiger partial charge in [0.05, 0.1) is 56.5 Å². The first-order chi connectivity index (χ1) is 22.9. The molecule has 2 aromatic heterocycles. The number of aromatic nitrogens is 2. The van der Waals surface area contributed by atoms with E-state index in [1.807, 2.05) is 6.07 Å². The summed E-state index contributed by atoms with van der Waals surface area (Å²) in [7, 11) is 6.76. The number of methoxy groups -OCH3 is 4. The molecular weight excluding hydrogens is 604 g/mol. The number of nitrogens with zero attached hydrogens (tertiary/aromatic N) is 1. The van der Waals surface area contributed by atoms with E-state index in [-0.39, 0.29) is 23.5 Å². The van der Waals surface area contributed by atoms with Gasteiger partial charge in [-0.1, -0.05) is 0 Å². The predicted molar refractivity (Wildman–Crippen MR) is 189 cm³/mol. The number of aromatic amines is 1. The van der Waals surface area contributed by atoms with E-state index in [9.17, 15) is 0 Å². The van der Waals surface area contributed by atoms with Crippen LogP contribution in [-0.2, 0) is 0 Å². The topological polar surface area (TPSA) is 76.1 Å². The molecule has 0 bridgehead atoms. The Bertz CT molecular complexity index is 2380. The lowest BCUT2D eigenvalue weighted by Gasteiger charge is -2.54. The molecule has 0 saturated heterocycles. The van der Waals surface area contributed by atoms with Crippen molar-refractivity contribution in [3.05, 3.63) is 58.7 Å². The molecule has 8 heteroatoms. The van der Waals surface area contributed by atoms with Crippen molar-refractivity contribution >= 4 is 43.6 Å². The first-order valence-electron chi connectivity index (χ1n) is 16.7. The van der Waals surface area contributed by atoms with E-state index in [2.05, 4.69) is 81.4 Å². The van der Waals surface area contributed by atoms with Crippen LogP contribution in [0.15, 0.2) is 36.4 Å². The average Bonchev–Trinajstić information content (AvgIpc) is 3.56. The maximum Gasteiger partial charge on any atom is 0.162 e. The standard InChI is InChI=1S/C40H42N2O6/c1-18-11-22-20-13-27(43-7)29(45-9)15-25(20)41-34(22)32-36-33(40(5,6)48-38(18)32)24-17-39(3,4)47-37-19(2)12-23-21-14-28(44-8)30(46-10)16-26(21)42(36)35(23)31(24)37/h11-16,24,33,36,41H,17H2,1-10H3/t24-,33-,36-/m0/s1. The highest BCUT2D eigenvalue weighted by atomic mass is 16.5. The van der Waals surface area contributed by atoms with Crippen molar-refractivity contribution in [3.63, 3.8) is 0 Å². The molecule has 0 fully saturated rings. The van der Waals surface area contributed by atoms with Crippen LogP contribution in [0.3, 0.4) is 0 Å². The van der Waals surface area contributed by atoms with Crippen LogP contribution in [0.25, 0.3) is 43.6 Å². The molecule has 0 amide bonds. The van der Waals surface area contributed by atoms with Crippen molar-refractivity contribution in [2.24, 2.45) is 5.92 Å². The maximum absolute atomic E-state index is 7.22. The Kier molecular flexibility index (Phi) is 5.80. The monoisotopic (exact) mass is 646 g/mol. The van der Waals surface area contributed by atoms with Crippen LogP contribution in [0.4, 0.5) is 0 Å². The van der Waals surface area contributed by atoms with Gasteiger partial charge in [-0.05, 0) is 83.4 Å². The van der Waals surface area contributed by atoms with Gasteiger partial charge in [-0.2, -0.15) is 0 Å². The van der Waals surface area contributed by atoms with Gasteiger partial charge in [-0.15, -0.1) is 0 Å². The molecule has 6 aromatic rings. The van der Waals surface area contributed by atoms with Gasteiger partial charge in [0.15, 0.2) is 23.0 Å². The summed E-state index contributed by atoms with van der Waals surface area (Å²) in [5.41, 5.74) is 8.27. The second-order valence-corrected chi connectivity index (χ2v) is 15.0. The quantitative estimate of drug-likeness (QED) is 0.206. The minimum atomic E-state index is -0.495. The Labute approximate surface area is 279 Å². The van der Waals surface area contributed by atoms with Gasteiger partial charge in [-0.3, -0.25) is 0 Å². The van der Waals surface area contributed by atoms with Gasteiger partial charge in [0.1, 0.15) is 22.7 Å². The highest BCUT2D eigenvalue weighted by Gasteiger charge is 2.56. The van der Waals surface area contributed by atoms with Gasteiger partial charge in [0.25, 0.3) is 0 Å². The predicted octanol–water partition coefficient (Wildman–Crippen LogP) is 9.12. The number of fused-ring (bicyclic) bond motifs is 12. The summed E-state index contributed by atoms with van der Waals surface area (Å²) in [4.78, 5) is 3.84. The molecule has 0 unspecified atom stereocenters. The fourth-order valence-corrected chi connectivity index (χ4v) is 9.52. The molecule has 248 valence electrons. The smallest absolute Gasteiger partial charge is 0.162 e. The molecule has 0 spiro atoms. The molecule has 48 heavy (non-hydrogen) atoms. The normalized spacial score (nSPS) is 21.5. The fourth-order valence-electron chi connectivity index (χ4n) is 9.52. The third kappa shape index (κ3) is 3.61. The summed E-state index contributed by atoms with van der Waals surface area (Å²) in [6, 6.07) is 12.9. The van der Waals surface area contributed by atoms with Crippen LogP contribution < -0.4 is 28.4 Å². The average molecular weight is 647 g/mol. The van der Waals surface area contributed by atoms with Crippen LogP contribution >= 0.6 is 0 Å². The van der Waals surface area contributed by atoms with Crippen molar-refractivity contribution < 1.29 is 28.4 Å². The second kappa shape index (κ2) is 9.46. The van der Waals surface area contributed by atoms with Crippen molar-refractivity contribution in [2.45, 2.75) is 71.1 Å². The van der Waals surface area contributed by atoms with E-state index in [0.29, 0.717) is 23.0 Å². The van der Waals surface area contributed by atoms with Crippen molar-refractivity contribution in [2.75, 3.05) is 28.4 Å². The minimum absolute atomic E-state index is 0.0527. The van der Waals surface area contributed by atoms with E-state index in [1.54, 1.807) is 28.4 Å². The first kappa shape index (κ1) is 29.4. The van der Waals surface area contributed by atoms with Crippen LogP contribution in [-0.4, -0.2) is 49.2 Å². The van der Waals surface area contributed by atoms with E-state index >= 15 is 0 Å². The SMILES string of the molecule is COc1cc2[nH]c3c4c(c(C)cc3c2cc1OC)OC(C)(C)[C@H]1[C@H]2CC(C)(C)Oc3c(C)cc5c6cc(OC)c(OC)cc6n(c5c32)[C@@H]41. The molecule has 0 saturated carbocycles. The number of aryl methyl sites for hydroxylation is 2. The molecule has 3 aliphatic rings. The van der Waals surface area contributed by atoms with Crippen LogP contribution in [0, 0.1) is 19.8 Å². The van der Waals surface area contributed by atoms with E-state index < -0.39 is 5.60 Å². The number of hydrogen-bond acceptors (Lipinski definition) is 6. The number of hydrogen-bond donors (Lipinski definition) is 1. The highest BCUT2D eigenvalue weighted by molar-refractivity contribution is 6.13. The van der Waals surface area contributed by atoms with Gasteiger partial charge in [0.2, 0.25) is 0 Å². The highest BCUT2D eigenvalue weighted by Crippen LogP contribution is 2.64. The van der Waals surface area contributed by atoms with Gasteiger partial charge < -0.3 is 38.0 Å². The van der Waals surface area contributed by atoms with Crippen molar-refractivity contribution in [1.29, 1.82) is 0 Å². The third-order valence-corrected chi connectivity index (χ3v) is 11.3. The summed E-state index contributed by atoms with van der Waals surface area (Å²) < 4.78 is 39.9. The zero-order chi connectivity index (χ0) is 33.6. The third-order valence-electron chi connectivity index (χ3n) is 11.3. The zero-order valence-corrected chi connectivity index (χ0v) is 29.3. The van der Waals surface area contributed by atoms with E-state index in [1.165, 1.54) is 22.0 Å². The van der Waals surface area contributed by atoms with Crippen LogP contribution in [0.1, 0.15) is 68.3 Å². The lowest BCUT2D eigenvalue weighted by molar-refractivity contribution is -0.0353. The number of ether oxygens (including phenoxy) is 6. The molecule has 8 nitrogen and oxygen atoms in total. The minimum Gasteiger partial charge on any atom is -0.493 e. The molecule has 3 atom stereocenters. The van der Waals surface area contributed by atoms with Crippen molar-refractivity contribution in [1.82, 2.24) is 9.55 Å². The van der Waals surface area contributed by atoms with Gasteiger partial charge in [-0.25, -0.2) is 0 Å². The molecule has 0 aliphatic carbocycles. The summed E-state index contributed by atoms with van der Waals surface area (Å²) in [5, 5.41) is 4.57. The summed E-state index contributed by atoms with van der Waals surface area (Å²) in [6.45, 7) is 13.3. The molecular formula is C40H42N2O6. The first-order valence-corrected chi connectivity index (χ1v) is 16.7. The molecule has 4 aromatic carbocycles. The number of H-pyrrole nitrogens is 1. The second-order valence-electron chi connectivity index (χ2n) is 15.0. The fraction of sp³-hybridized carbons (Fsp3) is 0.400. The lowest BCUT2D eigenvalue weighted by atomic mass is 9.63. The summed E-state index contributed by atoms with van der Waals surface area (Å²) >= 11 is 0. The van der Waals surface area contributed by atoms with Gasteiger partial charge >= 0.3 is 0 Å². The van der Waals surface area contributed by atoms with E-state index in [4.69, 9.17) is 28.4 Å². The Morgan fingerprint density at radius 1 is 0.688 bits per heavy atom. The van der Waals surface area contributed by atoms with Gasteiger partial charge in [0, 0.05) is 56.6 Å². The largest absolute Gasteiger partial charge is 0.493 e. The zero-order valence-electron chi connectivity index (χ0n) is 29.3. The number of rotatable bonds is 4. The Morgan fingerprint density at radius 2 is 1.27 bits per heavy atom. The number of benzene rings is 4. The molecule has 0 radical (unpaired) electrons. The lowest BCUT2D eigenvalue weighted by Crippen LogP contribution is -2.53. The maximum atomic E-state index is 7.22. The summed E-state index contributed by atoms with van der Waals surface area (Å²) in [5.74, 6) is 5.05. The molecule has 1 N–H and O–H groups in total. The summed E-state index contributed by atoms with van der Waals surface area (Å²) in [6.07, 6.45) is 0.881. The van der Waals surface area contributed by atoms with E-state index in [0.717, 1.165) is 61.8 Å².